The largest absolute Gasteiger partial charge is 0.506 e. The standard InChI is InChI=1S/C24H23BrN2O6/c1-15(26-14-16-12-17(27(30)31)13-20(25)23(16)28)24(29,18-8-4-6-10-21(18)32-2)19-9-5-7-11-22(19)33-3/h4-15,28-29H,1-3H3. The highest BCUT2D eigenvalue weighted by molar-refractivity contribution is 9.10. The van der Waals surface area contributed by atoms with Crippen molar-refractivity contribution in [2.24, 2.45) is 4.99 Å². The average molecular weight is 515 g/mol. The summed E-state index contributed by atoms with van der Waals surface area (Å²) in [5, 5.41) is 33.7. The molecule has 172 valence electrons. The van der Waals surface area contributed by atoms with E-state index in [4.69, 9.17) is 9.47 Å². The number of ether oxygens (including phenoxy) is 2. The second-order valence-corrected chi connectivity index (χ2v) is 8.10. The molecule has 0 aliphatic heterocycles. The Bertz CT molecular complexity index is 1150. The highest BCUT2D eigenvalue weighted by atomic mass is 79.9. The van der Waals surface area contributed by atoms with Gasteiger partial charge in [-0.2, -0.15) is 0 Å². The number of aliphatic hydroxyl groups is 1. The van der Waals surface area contributed by atoms with E-state index in [9.17, 15) is 20.3 Å². The minimum atomic E-state index is -1.69. The molecular formula is C24H23BrN2O6. The molecule has 0 fully saturated rings. The molecule has 0 bridgehead atoms. The lowest BCUT2D eigenvalue weighted by Crippen LogP contribution is -2.38. The first kappa shape index (κ1) is 24.2. The molecule has 3 aromatic carbocycles. The number of phenolic OH excluding ortho intramolecular Hbond substituents is 1. The molecule has 0 spiro atoms. The Balaban J connectivity index is 2.17. The molecule has 3 aromatic rings. The topological polar surface area (TPSA) is 114 Å². The van der Waals surface area contributed by atoms with Crippen LogP contribution in [0, 0.1) is 10.1 Å². The van der Waals surface area contributed by atoms with Crippen molar-refractivity contribution in [3.8, 4) is 17.2 Å². The number of rotatable bonds is 8. The van der Waals surface area contributed by atoms with Crippen molar-refractivity contribution in [3.63, 3.8) is 0 Å². The summed E-state index contributed by atoms with van der Waals surface area (Å²) in [5.74, 6) is 0.706. The molecule has 0 amide bonds. The minimum Gasteiger partial charge on any atom is -0.506 e. The second kappa shape index (κ2) is 10.0. The zero-order valence-electron chi connectivity index (χ0n) is 18.2. The molecule has 9 heteroatoms. The molecule has 0 aliphatic rings. The van der Waals surface area contributed by atoms with Crippen molar-refractivity contribution < 1.29 is 24.6 Å². The number of halogens is 1. The van der Waals surface area contributed by atoms with Gasteiger partial charge in [0.1, 0.15) is 22.8 Å². The van der Waals surface area contributed by atoms with E-state index in [1.165, 1.54) is 32.6 Å². The summed E-state index contributed by atoms with van der Waals surface area (Å²) in [6.07, 6.45) is 1.30. The lowest BCUT2D eigenvalue weighted by Gasteiger charge is -2.35. The number of methoxy groups -OCH3 is 2. The Morgan fingerprint density at radius 3 is 2.06 bits per heavy atom. The maximum atomic E-state index is 12.1. The number of hydrogen-bond acceptors (Lipinski definition) is 7. The lowest BCUT2D eigenvalue weighted by atomic mass is 9.80. The lowest BCUT2D eigenvalue weighted by molar-refractivity contribution is -0.385. The quantitative estimate of drug-likeness (QED) is 0.253. The first-order chi connectivity index (χ1) is 15.7. The summed E-state index contributed by atoms with van der Waals surface area (Å²) < 4.78 is 11.2. The van der Waals surface area contributed by atoms with Crippen LogP contribution in [0.5, 0.6) is 17.2 Å². The Morgan fingerprint density at radius 1 is 1.06 bits per heavy atom. The summed E-state index contributed by atoms with van der Waals surface area (Å²) in [5.41, 5.74) is -0.843. The number of nitrogens with zero attached hydrogens (tertiary/aromatic N) is 2. The van der Waals surface area contributed by atoms with Gasteiger partial charge in [0.25, 0.3) is 5.69 Å². The third kappa shape index (κ3) is 4.69. The van der Waals surface area contributed by atoms with Gasteiger partial charge in [0.05, 0.1) is 29.7 Å². The highest BCUT2D eigenvalue weighted by Gasteiger charge is 2.42. The SMILES string of the molecule is COc1ccccc1C(O)(c1ccccc1OC)C(C)N=Cc1cc([N+](=O)[O-])cc(Br)c1O. The van der Waals surface area contributed by atoms with E-state index < -0.39 is 16.6 Å². The minimum absolute atomic E-state index is 0.130. The number of aromatic hydroxyl groups is 1. The van der Waals surface area contributed by atoms with E-state index in [2.05, 4.69) is 20.9 Å². The van der Waals surface area contributed by atoms with Crippen LogP contribution < -0.4 is 9.47 Å². The van der Waals surface area contributed by atoms with E-state index in [0.717, 1.165) is 0 Å². The number of nitro groups is 1. The van der Waals surface area contributed by atoms with Crippen LogP contribution in [0.3, 0.4) is 0 Å². The van der Waals surface area contributed by atoms with Gasteiger partial charge in [-0.15, -0.1) is 0 Å². The van der Waals surface area contributed by atoms with Crippen molar-refractivity contribution in [1.29, 1.82) is 0 Å². The fourth-order valence-corrected chi connectivity index (χ4v) is 4.09. The zero-order chi connectivity index (χ0) is 24.2. The van der Waals surface area contributed by atoms with Gasteiger partial charge >= 0.3 is 0 Å². The van der Waals surface area contributed by atoms with Gasteiger partial charge in [-0.25, -0.2) is 0 Å². The van der Waals surface area contributed by atoms with Crippen molar-refractivity contribution in [2.75, 3.05) is 14.2 Å². The Kier molecular flexibility index (Phi) is 7.35. The normalized spacial score (nSPS) is 12.5. The summed E-state index contributed by atoms with van der Waals surface area (Å²) in [4.78, 5) is 15.1. The number of non-ortho nitro benzene ring substituents is 1. The fourth-order valence-electron chi connectivity index (χ4n) is 3.62. The fraction of sp³-hybridized carbons (Fsp3) is 0.208. The van der Waals surface area contributed by atoms with Crippen LogP contribution in [0.2, 0.25) is 0 Å². The number of phenols is 1. The number of hydrogen-bond donors (Lipinski definition) is 2. The van der Waals surface area contributed by atoms with Gasteiger partial charge in [0.15, 0.2) is 0 Å². The predicted octanol–water partition coefficient (Wildman–Crippen LogP) is 4.82. The molecule has 0 heterocycles. The van der Waals surface area contributed by atoms with Gasteiger partial charge in [-0.1, -0.05) is 36.4 Å². The molecule has 1 unspecified atom stereocenters. The van der Waals surface area contributed by atoms with Crippen LogP contribution in [0.25, 0.3) is 0 Å². The van der Waals surface area contributed by atoms with Gasteiger partial charge < -0.3 is 19.7 Å². The van der Waals surface area contributed by atoms with Crippen LogP contribution in [0.15, 0.2) is 70.1 Å². The number of benzene rings is 3. The summed E-state index contributed by atoms with van der Waals surface area (Å²) >= 11 is 3.12. The van der Waals surface area contributed by atoms with Crippen molar-refractivity contribution in [1.82, 2.24) is 0 Å². The Labute approximate surface area is 199 Å². The van der Waals surface area contributed by atoms with Gasteiger partial charge in [-0.05, 0) is 35.0 Å². The number of aliphatic imine (C=N–C) groups is 1. The van der Waals surface area contributed by atoms with E-state index >= 15 is 0 Å². The molecule has 1 atom stereocenters. The van der Waals surface area contributed by atoms with Crippen LogP contribution in [0.1, 0.15) is 23.6 Å². The van der Waals surface area contributed by atoms with Crippen molar-refractivity contribution in [2.45, 2.75) is 18.6 Å². The zero-order valence-corrected chi connectivity index (χ0v) is 19.8. The highest BCUT2D eigenvalue weighted by Crippen LogP contribution is 2.43. The van der Waals surface area contributed by atoms with Crippen molar-refractivity contribution >= 4 is 27.8 Å². The first-order valence-corrected chi connectivity index (χ1v) is 10.7. The van der Waals surface area contributed by atoms with Crippen LogP contribution in [-0.2, 0) is 5.60 Å². The maximum Gasteiger partial charge on any atom is 0.271 e. The molecule has 0 saturated heterocycles. The Hall–Kier alpha value is -3.43. The van der Waals surface area contributed by atoms with Crippen LogP contribution >= 0.6 is 15.9 Å². The third-order valence-corrected chi connectivity index (χ3v) is 5.97. The summed E-state index contributed by atoms with van der Waals surface area (Å²) in [7, 11) is 3.02. The van der Waals surface area contributed by atoms with Crippen LogP contribution in [0.4, 0.5) is 5.69 Å². The molecule has 33 heavy (non-hydrogen) atoms. The second-order valence-electron chi connectivity index (χ2n) is 7.24. The maximum absolute atomic E-state index is 12.1. The van der Waals surface area contributed by atoms with Gasteiger partial charge in [0.2, 0.25) is 0 Å². The molecular weight excluding hydrogens is 492 g/mol. The average Bonchev–Trinajstić information content (AvgIpc) is 2.83. The molecule has 3 rings (SSSR count). The predicted molar refractivity (Wildman–Crippen MR) is 129 cm³/mol. The molecule has 2 N–H and O–H groups in total. The van der Waals surface area contributed by atoms with E-state index in [-0.39, 0.29) is 21.5 Å². The van der Waals surface area contributed by atoms with Crippen molar-refractivity contribution in [3.05, 3.63) is 91.9 Å². The molecule has 0 saturated carbocycles. The smallest absolute Gasteiger partial charge is 0.271 e. The van der Waals surface area contributed by atoms with Crippen LogP contribution in [-0.4, -0.2) is 41.6 Å². The third-order valence-electron chi connectivity index (χ3n) is 5.37. The monoisotopic (exact) mass is 514 g/mol. The van der Waals surface area contributed by atoms with E-state index in [1.54, 1.807) is 55.5 Å². The summed E-state index contributed by atoms with van der Waals surface area (Å²) in [6.45, 7) is 1.69. The summed E-state index contributed by atoms with van der Waals surface area (Å²) in [6, 6.07) is 15.7. The van der Waals surface area contributed by atoms with E-state index in [1.807, 2.05) is 0 Å². The number of para-hydroxylation sites is 2. The number of nitro benzene ring substituents is 1. The van der Waals surface area contributed by atoms with E-state index in [0.29, 0.717) is 22.6 Å². The molecule has 8 nitrogen and oxygen atoms in total. The molecule has 0 aromatic heterocycles. The first-order valence-electron chi connectivity index (χ1n) is 9.93. The van der Waals surface area contributed by atoms with Gasteiger partial charge in [-0.3, -0.25) is 15.1 Å². The molecule has 0 aliphatic carbocycles. The Morgan fingerprint density at radius 2 is 1.58 bits per heavy atom. The molecule has 0 radical (unpaired) electrons. The van der Waals surface area contributed by atoms with Gasteiger partial charge in [0, 0.05) is 35.0 Å².